The summed E-state index contributed by atoms with van der Waals surface area (Å²) in [6.07, 6.45) is 0.147. The van der Waals surface area contributed by atoms with Crippen molar-refractivity contribution in [2.45, 2.75) is 6.42 Å². The first-order valence-corrected chi connectivity index (χ1v) is 7.12. The molecule has 0 atom stereocenters. The summed E-state index contributed by atoms with van der Waals surface area (Å²) in [5.74, 6) is -1.07. The SMILES string of the molecule is COC(=O)Cc1ccc(OC(=O)c2ccc(F)cc2Br)cc1. The number of benzene rings is 2. The van der Waals surface area contributed by atoms with Gasteiger partial charge in [0, 0.05) is 4.47 Å². The van der Waals surface area contributed by atoms with E-state index < -0.39 is 11.8 Å². The highest BCUT2D eigenvalue weighted by Gasteiger charge is 2.13. The molecule has 0 amide bonds. The fourth-order valence-corrected chi connectivity index (χ4v) is 2.24. The van der Waals surface area contributed by atoms with Gasteiger partial charge in [0.1, 0.15) is 11.6 Å². The molecule has 0 radical (unpaired) electrons. The van der Waals surface area contributed by atoms with E-state index in [2.05, 4.69) is 20.7 Å². The first-order valence-electron chi connectivity index (χ1n) is 6.32. The lowest BCUT2D eigenvalue weighted by Crippen LogP contribution is -2.09. The summed E-state index contributed by atoms with van der Waals surface area (Å²) in [4.78, 5) is 23.2. The summed E-state index contributed by atoms with van der Waals surface area (Å²) < 4.78 is 23.1. The van der Waals surface area contributed by atoms with Gasteiger partial charge < -0.3 is 9.47 Å². The Morgan fingerprint density at radius 2 is 1.82 bits per heavy atom. The lowest BCUT2D eigenvalue weighted by Gasteiger charge is -2.07. The maximum absolute atomic E-state index is 13.0. The fourth-order valence-electron chi connectivity index (χ4n) is 1.73. The molecular formula is C16H12BrFO4. The smallest absolute Gasteiger partial charge is 0.344 e. The number of methoxy groups -OCH3 is 1. The van der Waals surface area contributed by atoms with E-state index in [1.54, 1.807) is 24.3 Å². The summed E-state index contributed by atoms with van der Waals surface area (Å²) in [6.45, 7) is 0. The molecule has 0 saturated heterocycles. The van der Waals surface area contributed by atoms with Gasteiger partial charge in [-0.25, -0.2) is 9.18 Å². The second-order valence-corrected chi connectivity index (χ2v) is 5.26. The van der Waals surface area contributed by atoms with Gasteiger partial charge >= 0.3 is 11.9 Å². The van der Waals surface area contributed by atoms with Crippen LogP contribution in [-0.2, 0) is 16.0 Å². The van der Waals surface area contributed by atoms with Crippen LogP contribution in [0.2, 0.25) is 0 Å². The molecule has 0 aromatic heterocycles. The molecule has 0 aliphatic heterocycles. The first kappa shape index (κ1) is 16.2. The molecule has 0 aliphatic carbocycles. The van der Waals surface area contributed by atoms with Crippen molar-refractivity contribution in [3.63, 3.8) is 0 Å². The van der Waals surface area contributed by atoms with E-state index >= 15 is 0 Å². The monoisotopic (exact) mass is 366 g/mol. The predicted octanol–water partition coefficient (Wildman–Crippen LogP) is 3.52. The van der Waals surface area contributed by atoms with Gasteiger partial charge in [-0.15, -0.1) is 0 Å². The van der Waals surface area contributed by atoms with Gasteiger partial charge in [-0.1, -0.05) is 12.1 Å². The van der Waals surface area contributed by atoms with Crippen molar-refractivity contribution in [3.05, 3.63) is 63.9 Å². The topological polar surface area (TPSA) is 52.6 Å². The van der Waals surface area contributed by atoms with Crippen LogP contribution >= 0.6 is 15.9 Å². The summed E-state index contributed by atoms with van der Waals surface area (Å²) in [5, 5.41) is 0. The molecule has 0 N–H and O–H groups in total. The average molecular weight is 367 g/mol. The van der Waals surface area contributed by atoms with Crippen molar-refractivity contribution >= 4 is 27.9 Å². The van der Waals surface area contributed by atoms with Crippen LogP contribution in [0.4, 0.5) is 4.39 Å². The standard InChI is InChI=1S/C16H12BrFO4/c1-21-15(19)8-10-2-5-12(6-3-10)22-16(20)13-7-4-11(18)9-14(13)17/h2-7,9H,8H2,1H3. The van der Waals surface area contributed by atoms with Gasteiger partial charge in [-0.2, -0.15) is 0 Å². The number of carbonyl (C=O) groups excluding carboxylic acids is 2. The molecule has 0 saturated carbocycles. The molecule has 0 spiro atoms. The predicted molar refractivity (Wildman–Crippen MR) is 81.2 cm³/mol. The molecule has 4 nitrogen and oxygen atoms in total. The zero-order valence-corrected chi connectivity index (χ0v) is 13.2. The van der Waals surface area contributed by atoms with Crippen LogP contribution in [0, 0.1) is 5.82 Å². The van der Waals surface area contributed by atoms with Crippen LogP contribution in [0.3, 0.4) is 0 Å². The maximum atomic E-state index is 13.0. The number of halogens is 2. The molecule has 0 bridgehead atoms. The summed E-state index contributed by atoms with van der Waals surface area (Å²) in [5.41, 5.74) is 0.967. The third-order valence-electron chi connectivity index (χ3n) is 2.86. The van der Waals surface area contributed by atoms with Crippen molar-refractivity contribution in [1.82, 2.24) is 0 Å². The fraction of sp³-hybridized carbons (Fsp3) is 0.125. The second-order valence-electron chi connectivity index (χ2n) is 4.41. The number of hydrogen-bond donors (Lipinski definition) is 0. The van der Waals surface area contributed by atoms with Crippen molar-refractivity contribution in [1.29, 1.82) is 0 Å². The van der Waals surface area contributed by atoms with Gasteiger partial charge in [0.15, 0.2) is 0 Å². The molecule has 114 valence electrons. The molecule has 6 heteroatoms. The largest absolute Gasteiger partial charge is 0.469 e. The number of esters is 2. The maximum Gasteiger partial charge on any atom is 0.344 e. The third-order valence-corrected chi connectivity index (χ3v) is 3.52. The van der Waals surface area contributed by atoms with Crippen LogP contribution in [0.1, 0.15) is 15.9 Å². The van der Waals surface area contributed by atoms with Crippen LogP contribution in [-0.4, -0.2) is 19.0 Å². The van der Waals surface area contributed by atoms with Gasteiger partial charge in [0.2, 0.25) is 0 Å². The highest BCUT2D eigenvalue weighted by atomic mass is 79.9. The van der Waals surface area contributed by atoms with Crippen LogP contribution in [0.15, 0.2) is 46.9 Å². The minimum Gasteiger partial charge on any atom is -0.469 e. The Kier molecular flexibility index (Phi) is 5.27. The van der Waals surface area contributed by atoms with Gasteiger partial charge in [-0.05, 0) is 51.8 Å². The summed E-state index contributed by atoms with van der Waals surface area (Å²) >= 11 is 3.12. The lowest BCUT2D eigenvalue weighted by atomic mass is 10.1. The Bertz CT molecular complexity index is 698. The Hall–Kier alpha value is -2.21. The molecule has 2 rings (SSSR count). The van der Waals surface area contributed by atoms with Crippen molar-refractivity contribution in [2.75, 3.05) is 7.11 Å². The Labute approximate surface area is 135 Å². The molecule has 22 heavy (non-hydrogen) atoms. The van der Waals surface area contributed by atoms with E-state index in [0.29, 0.717) is 10.2 Å². The molecule has 0 unspecified atom stereocenters. The zero-order valence-electron chi connectivity index (χ0n) is 11.6. The minimum atomic E-state index is -0.604. The molecular weight excluding hydrogens is 355 g/mol. The lowest BCUT2D eigenvalue weighted by molar-refractivity contribution is -0.139. The van der Waals surface area contributed by atoms with Gasteiger partial charge in [0.25, 0.3) is 0 Å². The van der Waals surface area contributed by atoms with E-state index in [1.165, 1.54) is 25.3 Å². The Morgan fingerprint density at radius 3 is 2.41 bits per heavy atom. The molecule has 2 aromatic carbocycles. The zero-order chi connectivity index (χ0) is 16.1. The highest BCUT2D eigenvalue weighted by Crippen LogP contribution is 2.21. The van der Waals surface area contributed by atoms with Crippen molar-refractivity contribution in [3.8, 4) is 5.75 Å². The summed E-state index contributed by atoms with van der Waals surface area (Å²) in [6, 6.07) is 10.2. The van der Waals surface area contributed by atoms with E-state index in [1.807, 2.05) is 0 Å². The second kappa shape index (κ2) is 7.17. The van der Waals surface area contributed by atoms with Crippen molar-refractivity contribution in [2.24, 2.45) is 0 Å². The Morgan fingerprint density at radius 1 is 1.14 bits per heavy atom. The number of carbonyl (C=O) groups is 2. The third kappa shape index (κ3) is 4.14. The van der Waals surface area contributed by atoms with Gasteiger partial charge in [-0.3, -0.25) is 4.79 Å². The molecule has 0 heterocycles. The minimum absolute atomic E-state index is 0.147. The van der Waals surface area contributed by atoms with E-state index in [9.17, 15) is 14.0 Å². The molecule has 2 aromatic rings. The quantitative estimate of drug-likeness (QED) is 0.613. The first-order chi connectivity index (χ1) is 10.5. The normalized spacial score (nSPS) is 10.1. The van der Waals surface area contributed by atoms with Gasteiger partial charge in [0.05, 0.1) is 19.1 Å². The summed E-state index contributed by atoms with van der Waals surface area (Å²) in [7, 11) is 1.32. The molecule has 0 fully saturated rings. The number of rotatable bonds is 4. The Balaban J connectivity index is 2.07. The van der Waals surface area contributed by atoms with Crippen molar-refractivity contribution < 1.29 is 23.5 Å². The average Bonchev–Trinajstić information content (AvgIpc) is 2.49. The van der Waals surface area contributed by atoms with E-state index in [4.69, 9.17) is 4.74 Å². The van der Waals surface area contributed by atoms with Crippen LogP contribution in [0.25, 0.3) is 0 Å². The van der Waals surface area contributed by atoms with E-state index in [0.717, 1.165) is 5.56 Å². The number of hydrogen-bond acceptors (Lipinski definition) is 4. The molecule has 0 aliphatic rings. The van der Waals surface area contributed by atoms with Crippen LogP contribution < -0.4 is 4.74 Å². The van der Waals surface area contributed by atoms with Crippen LogP contribution in [0.5, 0.6) is 5.75 Å². The number of ether oxygens (including phenoxy) is 2. The highest BCUT2D eigenvalue weighted by molar-refractivity contribution is 9.10. The van der Waals surface area contributed by atoms with E-state index in [-0.39, 0.29) is 18.0 Å².